The van der Waals surface area contributed by atoms with Crippen LogP contribution < -0.4 is 5.32 Å². The number of rotatable bonds is 4. The lowest BCUT2D eigenvalue weighted by Crippen LogP contribution is -2.16. The van der Waals surface area contributed by atoms with Crippen molar-refractivity contribution in [2.45, 2.75) is 25.3 Å². The fourth-order valence-electron chi connectivity index (χ4n) is 1.58. The predicted octanol–water partition coefficient (Wildman–Crippen LogP) is 2.99. The van der Waals surface area contributed by atoms with Crippen LogP contribution in [-0.2, 0) is 0 Å². The molecule has 0 spiro atoms. The highest BCUT2D eigenvalue weighted by Gasteiger charge is 2.26. The second kappa shape index (κ2) is 3.72. The lowest BCUT2D eigenvalue weighted by molar-refractivity contribution is 0.402. The molecule has 1 N–H and O–H groups in total. The van der Waals surface area contributed by atoms with Crippen LogP contribution in [0, 0.1) is 5.92 Å². The van der Waals surface area contributed by atoms with Crippen molar-refractivity contribution in [2.24, 2.45) is 5.92 Å². The zero-order valence-corrected chi connectivity index (χ0v) is 8.47. The number of hydrogen-bond acceptors (Lipinski definition) is 2. The molecule has 1 atom stereocenters. The van der Waals surface area contributed by atoms with Crippen molar-refractivity contribution in [2.75, 3.05) is 7.05 Å². The van der Waals surface area contributed by atoms with Gasteiger partial charge in [-0.25, -0.2) is 0 Å². The summed E-state index contributed by atoms with van der Waals surface area (Å²) in [7, 11) is 1.96. The Morgan fingerprint density at radius 3 is 2.85 bits per heavy atom. The van der Waals surface area contributed by atoms with E-state index in [1.807, 2.05) is 13.1 Å². The van der Waals surface area contributed by atoms with Crippen LogP contribution in [0.2, 0.25) is 5.22 Å². The van der Waals surface area contributed by atoms with Gasteiger partial charge in [0.2, 0.25) is 0 Å². The van der Waals surface area contributed by atoms with E-state index in [0.29, 0.717) is 11.3 Å². The van der Waals surface area contributed by atoms with Crippen molar-refractivity contribution in [1.29, 1.82) is 0 Å². The third kappa shape index (κ3) is 2.26. The number of nitrogens with one attached hydrogen (secondary N) is 1. The summed E-state index contributed by atoms with van der Waals surface area (Å²) in [6.07, 6.45) is 3.90. The molecule has 0 radical (unpaired) electrons. The van der Waals surface area contributed by atoms with Crippen LogP contribution in [0.5, 0.6) is 0 Å². The third-order valence-corrected chi connectivity index (χ3v) is 2.75. The van der Waals surface area contributed by atoms with Crippen molar-refractivity contribution >= 4 is 11.6 Å². The smallest absolute Gasteiger partial charge is 0.193 e. The standard InChI is InChI=1S/C10H14ClNO/c1-12-8(6-7-2-3-7)9-4-5-10(11)13-9/h4-5,7-8,12H,2-3,6H2,1H3. The normalized spacial score (nSPS) is 18.9. The van der Waals surface area contributed by atoms with Gasteiger partial charge in [0.25, 0.3) is 0 Å². The van der Waals surface area contributed by atoms with Crippen LogP contribution in [0.25, 0.3) is 0 Å². The zero-order valence-electron chi connectivity index (χ0n) is 7.72. The average molecular weight is 200 g/mol. The highest BCUT2D eigenvalue weighted by Crippen LogP contribution is 2.38. The maximum Gasteiger partial charge on any atom is 0.193 e. The molecule has 13 heavy (non-hydrogen) atoms. The maximum atomic E-state index is 5.72. The number of hydrogen-bond donors (Lipinski definition) is 1. The molecule has 2 nitrogen and oxygen atoms in total. The Labute approximate surface area is 83.3 Å². The van der Waals surface area contributed by atoms with E-state index >= 15 is 0 Å². The third-order valence-electron chi connectivity index (χ3n) is 2.55. The Bertz CT molecular complexity index is 280. The van der Waals surface area contributed by atoms with E-state index in [2.05, 4.69) is 5.32 Å². The van der Waals surface area contributed by atoms with Crippen molar-refractivity contribution in [3.63, 3.8) is 0 Å². The Morgan fingerprint density at radius 2 is 2.38 bits per heavy atom. The first-order valence-corrected chi connectivity index (χ1v) is 5.10. The fraction of sp³-hybridized carbons (Fsp3) is 0.600. The number of furan rings is 1. The average Bonchev–Trinajstić information content (AvgIpc) is 2.84. The van der Waals surface area contributed by atoms with E-state index in [-0.39, 0.29) is 0 Å². The molecule has 1 aromatic rings. The first kappa shape index (κ1) is 9.10. The Hall–Kier alpha value is -0.470. The molecule has 2 rings (SSSR count). The van der Waals surface area contributed by atoms with Crippen molar-refractivity contribution in [3.05, 3.63) is 23.1 Å². The molecule has 1 unspecified atom stereocenters. The minimum atomic E-state index is 0.333. The Balaban J connectivity index is 2.01. The van der Waals surface area contributed by atoms with Gasteiger partial charge >= 0.3 is 0 Å². The fourth-order valence-corrected chi connectivity index (χ4v) is 1.73. The van der Waals surface area contributed by atoms with Gasteiger partial charge in [-0.2, -0.15) is 0 Å². The van der Waals surface area contributed by atoms with Gasteiger partial charge in [0.15, 0.2) is 5.22 Å². The van der Waals surface area contributed by atoms with Gasteiger partial charge < -0.3 is 9.73 Å². The quantitative estimate of drug-likeness (QED) is 0.807. The van der Waals surface area contributed by atoms with E-state index in [9.17, 15) is 0 Å². The van der Waals surface area contributed by atoms with Crippen LogP contribution in [0.15, 0.2) is 16.5 Å². The zero-order chi connectivity index (χ0) is 9.26. The van der Waals surface area contributed by atoms with Gasteiger partial charge in [-0.15, -0.1) is 0 Å². The molecule has 72 valence electrons. The van der Waals surface area contributed by atoms with Gasteiger partial charge in [0.05, 0.1) is 6.04 Å². The molecule has 1 heterocycles. The largest absolute Gasteiger partial charge is 0.448 e. The summed E-state index contributed by atoms with van der Waals surface area (Å²) < 4.78 is 5.37. The molecule has 0 bridgehead atoms. The first-order chi connectivity index (χ1) is 6.29. The molecular formula is C10H14ClNO. The lowest BCUT2D eigenvalue weighted by atomic mass is 10.1. The van der Waals surface area contributed by atoms with Gasteiger partial charge in [-0.3, -0.25) is 0 Å². The summed E-state index contributed by atoms with van der Waals surface area (Å²) >= 11 is 5.72. The van der Waals surface area contributed by atoms with Crippen molar-refractivity contribution < 1.29 is 4.42 Å². The van der Waals surface area contributed by atoms with Gasteiger partial charge in [-0.05, 0) is 43.1 Å². The molecule has 0 aromatic carbocycles. The van der Waals surface area contributed by atoms with E-state index in [1.165, 1.54) is 19.3 Å². The number of halogens is 1. The van der Waals surface area contributed by atoms with Crippen LogP contribution in [0.4, 0.5) is 0 Å². The minimum Gasteiger partial charge on any atom is -0.448 e. The second-order valence-electron chi connectivity index (χ2n) is 3.66. The summed E-state index contributed by atoms with van der Waals surface area (Å²) in [5.41, 5.74) is 0. The van der Waals surface area contributed by atoms with E-state index < -0.39 is 0 Å². The Kier molecular flexibility index (Phi) is 2.61. The molecule has 0 aliphatic heterocycles. The molecule has 0 saturated heterocycles. The van der Waals surface area contributed by atoms with Crippen LogP contribution in [0.1, 0.15) is 31.1 Å². The van der Waals surface area contributed by atoms with E-state index in [1.54, 1.807) is 6.07 Å². The second-order valence-corrected chi connectivity index (χ2v) is 4.03. The van der Waals surface area contributed by atoms with E-state index in [0.717, 1.165) is 11.7 Å². The van der Waals surface area contributed by atoms with Crippen LogP contribution >= 0.6 is 11.6 Å². The molecule has 3 heteroatoms. The molecule has 0 amide bonds. The monoisotopic (exact) mass is 199 g/mol. The Morgan fingerprint density at radius 1 is 1.62 bits per heavy atom. The lowest BCUT2D eigenvalue weighted by Gasteiger charge is -2.12. The van der Waals surface area contributed by atoms with Gasteiger partial charge in [-0.1, -0.05) is 12.8 Å². The molecule has 1 saturated carbocycles. The minimum absolute atomic E-state index is 0.333. The molecule has 1 aliphatic carbocycles. The summed E-state index contributed by atoms with van der Waals surface area (Å²) in [4.78, 5) is 0. The molecule has 1 aliphatic rings. The van der Waals surface area contributed by atoms with Gasteiger partial charge in [0.1, 0.15) is 5.76 Å². The van der Waals surface area contributed by atoms with Crippen LogP contribution in [0.3, 0.4) is 0 Å². The summed E-state index contributed by atoms with van der Waals surface area (Å²) in [6, 6.07) is 4.08. The summed E-state index contributed by atoms with van der Waals surface area (Å²) in [6.45, 7) is 0. The topological polar surface area (TPSA) is 25.2 Å². The van der Waals surface area contributed by atoms with E-state index in [4.69, 9.17) is 16.0 Å². The van der Waals surface area contributed by atoms with Gasteiger partial charge in [0, 0.05) is 0 Å². The SMILES string of the molecule is CNC(CC1CC1)c1ccc(Cl)o1. The van der Waals surface area contributed by atoms with Crippen molar-refractivity contribution in [1.82, 2.24) is 5.32 Å². The summed E-state index contributed by atoms with van der Waals surface area (Å²) in [5.74, 6) is 1.85. The molecule has 1 aromatic heterocycles. The first-order valence-electron chi connectivity index (χ1n) is 4.72. The summed E-state index contributed by atoms with van der Waals surface area (Å²) in [5, 5.41) is 3.73. The van der Waals surface area contributed by atoms with Crippen LogP contribution in [-0.4, -0.2) is 7.05 Å². The maximum absolute atomic E-state index is 5.72. The predicted molar refractivity (Wildman–Crippen MR) is 52.9 cm³/mol. The highest BCUT2D eigenvalue weighted by molar-refractivity contribution is 6.28. The molecular weight excluding hydrogens is 186 g/mol. The highest BCUT2D eigenvalue weighted by atomic mass is 35.5. The molecule has 1 fully saturated rings. The van der Waals surface area contributed by atoms with Crippen molar-refractivity contribution in [3.8, 4) is 0 Å².